The molecule has 2 aromatic heterocycles. The van der Waals surface area contributed by atoms with E-state index in [0.717, 1.165) is 29.2 Å². The number of rotatable bonds is 2. The normalized spacial score (nSPS) is 13.8. The molecule has 0 amide bonds. The first kappa shape index (κ1) is 9.84. The van der Waals surface area contributed by atoms with Gasteiger partial charge >= 0.3 is 0 Å². The van der Waals surface area contributed by atoms with Crippen molar-refractivity contribution in [1.29, 1.82) is 0 Å². The molecule has 0 radical (unpaired) electrons. The van der Waals surface area contributed by atoms with Crippen LogP contribution in [0.3, 0.4) is 0 Å². The molecular weight excluding hydrogens is 212 g/mol. The van der Waals surface area contributed by atoms with E-state index in [9.17, 15) is 0 Å². The van der Waals surface area contributed by atoms with Crippen molar-refractivity contribution in [3.8, 4) is 11.4 Å². The van der Waals surface area contributed by atoms with Gasteiger partial charge in [0.2, 0.25) is 0 Å². The van der Waals surface area contributed by atoms with Gasteiger partial charge in [0.05, 0.1) is 22.8 Å². The molecule has 0 saturated heterocycles. The Morgan fingerprint density at radius 3 is 2.53 bits per heavy atom. The van der Waals surface area contributed by atoms with Crippen LogP contribution in [0.4, 0.5) is 0 Å². The third kappa shape index (κ3) is 1.97. The van der Waals surface area contributed by atoms with Gasteiger partial charge in [0, 0.05) is 18.8 Å². The summed E-state index contributed by atoms with van der Waals surface area (Å²) in [4.78, 5) is 8.83. The summed E-state index contributed by atoms with van der Waals surface area (Å²) in [6.45, 7) is 0. The summed E-state index contributed by atoms with van der Waals surface area (Å²) in [6, 6.07) is 11.6. The molecule has 3 heterocycles. The van der Waals surface area contributed by atoms with E-state index in [-0.39, 0.29) is 0 Å². The molecule has 0 spiro atoms. The molecule has 0 aromatic carbocycles. The van der Waals surface area contributed by atoms with E-state index >= 15 is 0 Å². The van der Waals surface area contributed by atoms with Crippen molar-refractivity contribution in [3.63, 3.8) is 0 Å². The van der Waals surface area contributed by atoms with Gasteiger partial charge in [-0.15, -0.1) is 0 Å². The monoisotopic (exact) mass is 222 g/mol. The Hall–Kier alpha value is -2.36. The number of nitrogens with zero attached hydrogens (tertiary/aromatic N) is 4. The highest BCUT2D eigenvalue weighted by Gasteiger charge is 2.09. The maximum absolute atomic E-state index is 4.55. The SMILES string of the molecule is C1=NN=C(c2cccc(-c3ccccn3)n2)C1. The Kier molecular flexibility index (Phi) is 2.46. The quantitative estimate of drug-likeness (QED) is 0.783. The lowest BCUT2D eigenvalue weighted by atomic mass is 10.1. The Bertz CT molecular complexity index is 587. The van der Waals surface area contributed by atoms with Crippen LogP contribution < -0.4 is 0 Å². The van der Waals surface area contributed by atoms with E-state index in [4.69, 9.17) is 0 Å². The van der Waals surface area contributed by atoms with Crippen molar-refractivity contribution in [1.82, 2.24) is 9.97 Å². The molecule has 0 unspecified atom stereocenters. The van der Waals surface area contributed by atoms with Gasteiger partial charge in [0.25, 0.3) is 0 Å². The van der Waals surface area contributed by atoms with Gasteiger partial charge in [0.15, 0.2) is 0 Å². The number of hydrogen-bond acceptors (Lipinski definition) is 4. The van der Waals surface area contributed by atoms with Gasteiger partial charge in [-0.1, -0.05) is 12.1 Å². The molecule has 0 saturated carbocycles. The highest BCUT2D eigenvalue weighted by Crippen LogP contribution is 2.15. The molecule has 1 aliphatic heterocycles. The minimum Gasteiger partial charge on any atom is -0.255 e. The number of pyridine rings is 2. The van der Waals surface area contributed by atoms with E-state index in [1.165, 1.54) is 0 Å². The molecule has 0 fully saturated rings. The van der Waals surface area contributed by atoms with Gasteiger partial charge in [0.1, 0.15) is 0 Å². The van der Waals surface area contributed by atoms with Crippen molar-refractivity contribution in [2.24, 2.45) is 10.2 Å². The second kappa shape index (κ2) is 4.25. The Morgan fingerprint density at radius 2 is 1.76 bits per heavy atom. The average molecular weight is 222 g/mol. The fourth-order valence-corrected chi connectivity index (χ4v) is 1.69. The summed E-state index contributed by atoms with van der Waals surface area (Å²) >= 11 is 0. The first-order valence-electron chi connectivity index (χ1n) is 5.41. The van der Waals surface area contributed by atoms with E-state index in [1.54, 1.807) is 12.4 Å². The molecular formula is C13H10N4. The molecule has 82 valence electrons. The lowest BCUT2D eigenvalue weighted by Crippen LogP contribution is -2.02. The summed E-state index contributed by atoms with van der Waals surface area (Å²) in [5.41, 5.74) is 3.50. The van der Waals surface area contributed by atoms with Crippen molar-refractivity contribution >= 4 is 11.9 Å². The fraction of sp³-hybridized carbons (Fsp3) is 0.0769. The standard InChI is InChI=1S/C13H10N4/c1-2-8-14-10(4-1)11-5-3-6-12(16-11)13-7-9-15-17-13/h1-6,8-9H,7H2. The van der Waals surface area contributed by atoms with Crippen LogP contribution in [-0.2, 0) is 0 Å². The largest absolute Gasteiger partial charge is 0.255 e. The second-order valence-electron chi connectivity index (χ2n) is 3.67. The molecule has 4 heteroatoms. The van der Waals surface area contributed by atoms with Crippen molar-refractivity contribution in [3.05, 3.63) is 48.3 Å². The van der Waals surface area contributed by atoms with E-state index in [2.05, 4.69) is 20.2 Å². The third-order valence-electron chi connectivity index (χ3n) is 2.52. The molecule has 2 aromatic rings. The van der Waals surface area contributed by atoms with Crippen LogP contribution in [-0.4, -0.2) is 21.9 Å². The number of aromatic nitrogens is 2. The Labute approximate surface area is 98.8 Å². The Balaban J connectivity index is 2.00. The molecule has 4 nitrogen and oxygen atoms in total. The van der Waals surface area contributed by atoms with Gasteiger partial charge in [-0.25, -0.2) is 4.98 Å². The van der Waals surface area contributed by atoms with Crippen LogP contribution in [0.25, 0.3) is 11.4 Å². The van der Waals surface area contributed by atoms with Gasteiger partial charge in [-0.3, -0.25) is 4.98 Å². The van der Waals surface area contributed by atoms with E-state index < -0.39 is 0 Å². The molecule has 1 aliphatic rings. The Morgan fingerprint density at radius 1 is 0.882 bits per heavy atom. The summed E-state index contributed by atoms with van der Waals surface area (Å²) in [5.74, 6) is 0. The number of hydrogen-bond donors (Lipinski definition) is 0. The second-order valence-corrected chi connectivity index (χ2v) is 3.67. The third-order valence-corrected chi connectivity index (χ3v) is 2.52. The molecule has 0 aliphatic carbocycles. The summed E-state index contributed by atoms with van der Waals surface area (Å²) in [6.07, 6.45) is 4.29. The maximum atomic E-state index is 4.55. The molecule has 0 atom stereocenters. The molecule has 3 rings (SSSR count). The zero-order valence-electron chi connectivity index (χ0n) is 9.11. The average Bonchev–Trinajstić information content (AvgIpc) is 2.94. The minimum atomic E-state index is 0.749. The lowest BCUT2D eigenvalue weighted by molar-refractivity contribution is 1.21. The van der Waals surface area contributed by atoms with Crippen LogP contribution in [0.5, 0.6) is 0 Å². The highest BCUT2D eigenvalue weighted by atomic mass is 15.2. The zero-order valence-corrected chi connectivity index (χ0v) is 9.11. The topological polar surface area (TPSA) is 50.5 Å². The van der Waals surface area contributed by atoms with Gasteiger partial charge in [-0.2, -0.15) is 10.2 Å². The van der Waals surface area contributed by atoms with Crippen LogP contribution >= 0.6 is 0 Å². The fourth-order valence-electron chi connectivity index (χ4n) is 1.69. The van der Waals surface area contributed by atoms with Crippen molar-refractivity contribution in [2.75, 3.05) is 0 Å². The lowest BCUT2D eigenvalue weighted by Gasteiger charge is -2.02. The molecule has 0 N–H and O–H groups in total. The summed E-state index contributed by atoms with van der Waals surface area (Å²) < 4.78 is 0. The zero-order chi connectivity index (χ0) is 11.5. The molecule has 0 bridgehead atoms. The van der Waals surface area contributed by atoms with Crippen molar-refractivity contribution in [2.45, 2.75) is 6.42 Å². The van der Waals surface area contributed by atoms with Crippen LogP contribution in [0.2, 0.25) is 0 Å². The van der Waals surface area contributed by atoms with Crippen LogP contribution in [0.15, 0.2) is 52.8 Å². The molecule has 17 heavy (non-hydrogen) atoms. The predicted molar refractivity (Wildman–Crippen MR) is 67.1 cm³/mol. The first-order valence-corrected chi connectivity index (χ1v) is 5.41. The summed E-state index contributed by atoms with van der Waals surface area (Å²) in [7, 11) is 0. The predicted octanol–water partition coefficient (Wildman–Crippen LogP) is 2.32. The maximum Gasteiger partial charge on any atom is 0.0940 e. The van der Waals surface area contributed by atoms with Gasteiger partial charge in [-0.05, 0) is 24.3 Å². The first-order chi connectivity index (χ1) is 8.43. The van der Waals surface area contributed by atoms with E-state index in [1.807, 2.05) is 36.4 Å². The van der Waals surface area contributed by atoms with Crippen LogP contribution in [0, 0.1) is 0 Å². The van der Waals surface area contributed by atoms with Crippen LogP contribution in [0.1, 0.15) is 12.1 Å². The highest BCUT2D eigenvalue weighted by molar-refractivity contribution is 6.08. The summed E-state index contributed by atoms with van der Waals surface area (Å²) in [5, 5.41) is 7.89. The van der Waals surface area contributed by atoms with Gasteiger partial charge < -0.3 is 0 Å². The minimum absolute atomic E-state index is 0.749. The smallest absolute Gasteiger partial charge is 0.0940 e. The van der Waals surface area contributed by atoms with Crippen molar-refractivity contribution < 1.29 is 0 Å². The van der Waals surface area contributed by atoms with E-state index in [0.29, 0.717) is 0 Å².